The van der Waals surface area contributed by atoms with Gasteiger partial charge < -0.3 is 5.21 Å². The van der Waals surface area contributed by atoms with Crippen LogP contribution in [0.5, 0.6) is 0 Å². The monoisotopic (exact) mass is 242 g/mol. The van der Waals surface area contributed by atoms with E-state index in [4.69, 9.17) is 0 Å². The van der Waals surface area contributed by atoms with Gasteiger partial charge in [-0.05, 0) is 13.8 Å². The number of pyridine rings is 1. The lowest BCUT2D eigenvalue weighted by Crippen LogP contribution is -2.23. The highest BCUT2D eigenvalue weighted by atomic mass is 16.6. The largest absolute Gasteiger partial charge is 0.426 e. The van der Waals surface area contributed by atoms with E-state index in [1.54, 1.807) is 6.92 Å². The number of rotatable bonds is 3. The average Bonchev–Trinajstić information content (AvgIpc) is 2.23. The zero-order valence-electron chi connectivity index (χ0n) is 9.15. The summed E-state index contributed by atoms with van der Waals surface area (Å²) in [6.07, 6.45) is 0. The van der Waals surface area contributed by atoms with Crippen LogP contribution >= 0.6 is 0 Å². The fourth-order valence-corrected chi connectivity index (χ4v) is 1.35. The van der Waals surface area contributed by atoms with Gasteiger partial charge in [0.2, 0.25) is 0 Å². The van der Waals surface area contributed by atoms with Crippen molar-refractivity contribution in [2.45, 2.75) is 13.8 Å². The van der Waals surface area contributed by atoms with Crippen LogP contribution < -0.4 is 5.49 Å². The highest BCUT2D eigenvalue weighted by Gasteiger charge is 2.29. The van der Waals surface area contributed by atoms with Crippen LogP contribution in [0, 0.1) is 27.2 Å². The highest BCUT2D eigenvalue weighted by molar-refractivity contribution is 5.54. The molecule has 0 saturated heterocycles. The van der Waals surface area contributed by atoms with Gasteiger partial charge in [-0.25, -0.2) is 0 Å². The van der Waals surface area contributed by atoms with Crippen LogP contribution in [0.3, 0.4) is 0 Å². The Balaban J connectivity index is 3.75. The second-order valence-electron chi connectivity index (χ2n) is 3.12. The van der Waals surface area contributed by atoms with Gasteiger partial charge in [-0.3, -0.25) is 25.2 Å². The average molecular weight is 242 g/mol. The summed E-state index contributed by atoms with van der Waals surface area (Å²) in [5, 5.41) is 31.0. The molecule has 0 fully saturated rings. The lowest BCUT2D eigenvalue weighted by atomic mass is 10.2. The Morgan fingerprint density at radius 3 is 2.41 bits per heavy atom. The predicted octanol–water partition coefficient (Wildman–Crippen LogP) is 0.771. The zero-order valence-corrected chi connectivity index (χ0v) is 9.15. The Hall–Kier alpha value is -2.45. The van der Waals surface area contributed by atoms with Crippen molar-refractivity contribution in [2.24, 2.45) is 4.99 Å². The molecule has 1 aromatic heterocycles. The Morgan fingerprint density at radius 1 is 1.41 bits per heavy atom. The molecule has 0 aliphatic carbocycles. The Bertz CT molecular complexity index is 548. The maximum atomic E-state index is 10.7. The quantitative estimate of drug-likeness (QED) is 0.476. The summed E-state index contributed by atoms with van der Waals surface area (Å²) in [4.78, 5) is 23.4. The third kappa shape index (κ3) is 2.22. The maximum absolute atomic E-state index is 10.7. The summed E-state index contributed by atoms with van der Waals surface area (Å²) in [6.45, 7) is 3.16. The van der Waals surface area contributed by atoms with Gasteiger partial charge in [0.15, 0.2) is 5.49 Å². The molecule has 9 nitrogen and oxygen atoms in total. The minimum Gasteiger partial charge on any atom is -0.426 e. The van der Waals surface area contributed by atoms with Crippen LogP contribution in [0.2, 0.25) is 0 Å². The molecule has 0 saturated carbocycles. The minimum atomic E-state index is -0.907. The van der Waals surface area contributed by atoms with E-state index in [1.807, 2.05) is 0 Å². The van der Waals surface area contributed by atoms with Crippen LogP contribution in [0.25, 0.3) is 0 Å². The van der Waals surface area contributed by atoms with E-state index in [9.17, 15) is 25.4 Å². The van der Waals surface area contributed by atoms with Crippen molar-refractivity contribution in [1.29, 1.82) is 0 Å². The summed E-state index contributed by atoms with van der Waals surface area (Å²) in [7, 11) is 0. The first-order valence-corrected chi connectivity index (χ1v) is 4.65. The molecule has 0 aliphatic rings. The topological polar surface area (TPSA) is 124 Å². The first-order valence-electron chi connectivity index (χ1n) is 4.65. The summed E-state index contributed by atoms with van der Waals surface area (Å²) in [5.74, 6) is 0. The minimum absolute atomic E-state index is 0.0951. The summed E-state index contributed by atoms with van der Waals surface area (Å²) in [5.41, 5.74) is -1.77. The molecule has 17 heavy (non-hydrogen) atoms. The van der Waals surface area contributed by atoms with E-state index >= 15 is 0 Å². The van der Waals surface area contributed by atoms with Crippen molar-refractivity contribution in [3.05, 3.63) is 37.5 Å². The van der Waals surface area contributed by atoms with E-state index in [1.165, 1.54) is 6.92 Å². The molecule has 0 radical (unpaired) electrons. The van der Waals surface area contributed by atoms with E-state index < -0.39 is 21.2 Å². The van der Waals surface area contributed by atoms with Gasteiger partial charge in [0.05, 0.1) is 15.9 Å². The van der Waals surface area contributed by atoms with Crippen molar-refractivity contribution < 1.29 is 15.1 Å². The molecule has 0 atom stereocenters. The number of aromatic nitrogens is 1. The van der Waals surface area contributed by atoms with Gasteiger partial charge >= 0.3 is 11.4 Å². The Kier molecular flexibility index (Phi) is 3.41. The molecular formula is C8H10N4O5. The molecule has 1 aromatic rings. The lowest BCUT2D eigenvalue weighted by molar-refractivity contribution is -0.423. The molecule has 0 aromatic carbocycles. The molecule has 0 bridgehead atoms. The van der Waals surface area contributed by atoms with E-state index in [2.05, 4.69) is 4.99 Å². The molecule has 0 amide bonds. The molecule has 1 rings (SSSR count). The fourth-order valence-electron chi connectivity index (χ4n) is 1.35. The Labute approximate surface area is 94.9 Å². The van der Waals surface area contributed by atoms with Crippen molar-refractivity contribution in [2.75, 3.05) is 6.54 Å². The van der Waals surface area contributed by atoms with Crippen molar-refractivity contribution >= 4 is 11.4 Å². The van der Waals surface area contributed by atoms with Gasteiger partial charge in [0.1, 0.15) is 5.69 Å². The van der Waals surface area contributed by atoms with Crippen LogP contribution in [0.1, 0.15) is 12.6 Å². The smallest absolute Gasteiger partial charge is 0.368 e. The molecule has 0 aliphatic heterocycles. The van der Waals surface area contributed by atoms with Gasteiger partial charge in [-0.2, -0.15) is 4.73 Å². The van der Waals surface area contributed by atoms with Gasteiger partial charge in [-0.1, -0.05) is 0 Å². The predicted molar refractivity (Wildman–Crippen MR) is 55.8 cm³/mol. The standard InChI is InChI=1S/C8H10N4O5/c1-3-9-7-4-6(11(14)15)8(12(16)17)5(2)10(7)13/h4,13H,3H2,1-2H3. The number of hydrogen-bond acceptors (Lipinski definition) is 6. The maximum Gasteiger partial charge on any atom is 0.368 e. The van der Waals surface area contributed by atoms with Crippen LogP contribution in [0.15, 0.2) is 11.1 Å². The molecule has 1 N–H and O–H groups in total. The van der Waals surface area contributed by atoms with Crippen LogP contribution in [-0.2, 0) is 0 Å². The second kappa shape index (κ2) is 4.60. The second-order valence-corrected chi connectivity index (χ2v) is 3.12. The van der Waals surface area contributed by atoms with Crippen LogP contribution in [0.4, 0.5) is 11.4 Å². The molecule has 92 valence electrons. The normalized spacial score (nSPS) is 11.5. The van der Waals surface area contributed by atoms with Crippen LogP contribution in [-0.4, -0.2) is 26.3 Å². The molecule has 0 unspecified atom stereocenters. The highest BCUT2D eigenvalue weighted by Crippen LogP contribution is 2.27. The molecular weight excluding hydrogens is 232 g/mol. The summed E-state index contributed by atoms with van der Waals surface area (Å²) >= 11 is 0. The first kappa shape index (κ1) is 12.6. The third-order valence-electron chi connectivity index (χ3n) is 2.09. The molecule has 0 spiro atoms. The number of nitro groups is 2. The van der Waals surface area contributed by atoms with Gasteiger partial charge in [0.25, 0.3) is 0 Å². The molecule has 9 heteroatoms. The van der Waals surface area contributed by atoms with Gasteiger partial charge in [-0.15, -0.1) is 0 Å². The third-order valence-corrected chi connectivity index (χ3v) is 2.09. The fraction of sp³-hybridized carbons (Fsp3) is 0.375. The summed E-state index contributed by atoms with van der Waals surface area (Å²) < 4.78 is 0.467. The van der Waals surface area contributed by atoms with Crippen molar-refractivity contribution in [3.8, 4) is 0 Å². The van der Waals surface area contributed by atoms with Crippen molar-refractivity contribution in [1.82, 2.24) is 4.73 Å². The lowest BCUT2D eigenvalue weighted by Gasteiger charge is -2.04. The van der Waals surface area contributed by atoms with E-state index in [0.717, 1.165) is 6.07 Å². The molecule has 1 heterocycles. The first-order chi connectivity index (χ1) is 7.90. The van der Waals surface area contributed by atoms with E-state index in [-0.39, 0.29) is 17.7 Å². The number of nitrogens with zero attached hydrogens (tertiary/aromatic N) is 4. The number of hydrogen-bond donors (Lipinski definition) is 1. The SMILES string of the molecule is CCN=c1cc([N+](=O)[O-])c([N+](=O)[O-])c(C)n1O. The van der Waals surface area contributed by atoms with Crippen molar-refractivity contribution in [3.63, 3.8) is 0 Å². The van der Waals surface area contributed by atoms with E-state index in [0.29, 0.717) is 4.73 Å². The summed E-state index contributed by atoms with van der Waals surface area (Å²) in [6, 6.07) is 0.870. The Morgan fingerprint density at radius 2 is 2.00 bits per heavy atom. The zero-order chi connectivity index (χ0) is 13.2. The van der Waals surface area contributed by atoms with Gasteiger partial charge in [0, 0.05) is 6.54 Å².